The summed E-state index contributed by atoms with van der Waals surface area (Å²) < 4.78 is 1.94. The summed E-state index contributed by atoms with van der Waals surface area (Å²) in [6, 6.07) is 0. The molecule has 0 unspecified atom stereocenters. The van der Waals surface area contributed by atoms with Crippen molar-refractivity contribution in [1.29, 1.82) is 0 Å². The van der Waals surface area contributed by atoms with Crippen LogP contribution in [0.3, 0.4) is 0 Å². The first kappa shape index (κ1) is 18.5. The summed E-state index contributed by atoms with van der Waals surface area (Å²) in [5.41, 5.74) is 2.55. The first-order chi connectivity index (χ1) is 11.1. The number of likely N-dealkylation sites (N-methyl/N-ethyl adjacent to an activating group) is 1. The number of aromatic nitrogens is 2. The van der Waals surface area contributed by atoms with Crippen molar-refractivity contribution < 1.29 is 0 Å². The summed E-state index contributed by atoms with van der Waals surface area (Å²) in [7, 11) is 0. The molecule has 0 aromatic carbocycles. The number of fused-ring (bicyclic) bond motifs is 1. The minimum absolute atomic E-state index is 0.0511. The maximum Gasteiger partial charge on any atom is 0.348 e. The lowest BCUT2D eigenvalue weighted by molar-refractivity contribution is 0.286. The minimum atomic E-state index is -0.0511. The van der Waals surface area contributed by atoms with Crippen LogP contribution in [0.1, 0.15) is 51.8 Å². The van der Waals surface area contributed by atoms with Gasteiger partial charge in [-0.3, -0.25) is 4.57 Å². The van der Waals surface area contributed by atoms with Gasteiger partial charge in [0.15, 0.2) is 0 Å². The van der Waals surface area contributed by atoms with Gasteiger partial charge in [0.2, 0.25) is 0 Å². The third-order valence-electron chi connectivity index (χ3n) is 4.67. The van der Waals surface area contributed by atoms with E-state index in [0.717, 1.165) is 56.2 Å². The van der Waals surface area contributed by atoms with Crippen molar-refractivity contribution in [3.63, 3.8) is 0 Å². The molecule has 0 radical (unpaired) electrons. The van der Waals surface area contributed by atoms with Crippen molar-refractivity contribution >= 4 is 11.8 Å². The van der Waals surface area contributed by atoms with Crippen LogP contribution in [-0.4, -0.2) is 39.8 Å². The van der Waals surface area contributed by atoms with E-state index in [1.807, 2.05) is 4.57 Å². The molecule has 0 fully saturated rings. The zero-order chi connectivity index (χ0) is 16.8. The van der Waals surface area contributed by atoms with Crippen LogP contribution in [-0.2, 0) is 19.4 Å². The molecule has 5 heteroatoms. The second-order valence-corrected chi connectivity index (χ2v) is 7.77. The quantitative estimate of drug-likeness (QED) is 0.512. The van der Waals surface area contributed by atoms with E-state index >= 15 is 0 Å². The Bertz CT molecular complexity index is 564. The first-order valence-electron chi connectivity index (χ1n) is 9.04. The van der Waals surface area contributed by atoms with Crippen LogP contribution in [0, 0.1) is 5.92 Å². The molecule has 1 aromatic rings. The molecular weight excluding hydrogens is 306 g/mol. The van der Waals surface area contributed by atoms with E-state index in [1.54, 1.807) is 11.8 Å². The highest BCUT2D eigenvalue weighted by Gasteiger charge is 2.22. The average molecular weight is 338 g/mol. The number of thioether (sulfide) groups is 1. The van der Waals surface area contributed by atoms with Crippen molar-refractivity contribution in [1.82, 2.24) is 14.5 Å². The third-order valence-corrected chi connectivity index (χ3v) is 5.72. The molecule has 130 valence electrons. The maximum atomic E-state index is 12.5. The molecule has 0 aliphatic heterocycles. The van der Waals surface area contributed by atoms with Gasteiger partial charge in [-0.2, -0.15) is 4.98 Å². The fourth-order valence-corrected chi connectivity index (χ4v) is 4.43. The van der Waals surface area contributed by atoms with E-state index in [4.69, 9.17) is 0 Å². The molecule has 0 amide bonds. The zero-order valence-corrected chi connectivity index (χ0v) is 15.9. The fourth-order valence-electron chi connectivity index (χ4n) is 3.11. The van der Waals surface area contributed by atoms with Crippen molar-refractivity contribution in [2.45, 2.75) is 64.9 Å². The highest BCUT2D eigenvalue weighted by molar-refractivity contribution is 7.99. The van der Waals surface area contributed by atoms with Gasteiger partial charge in [-0.15, -0.1) is 11.8 Å². The molecule has 1 aliphatic rings. The molecule has 0 saturated carbocycles. The van der Waals surface area contributed by atoms with Crippen LogP contribution in [0.5, 0.6) is 0 Å². The Kier molecular flexibility index (Phi) is 7.15. The minimum Gasteiger partial charge on any atom is -0.302 e. The smallest absolute Gasteiger partial charge is 0.302 e. The lowest BCUT2D eigenvalue weighted by atomic mass is 10.2. The molecule has 0 saturated heterocycles. The highest BCUT2D eigenvalue weighted by Crippen LogP contribution is 2.29. The molecular formula is C18H31N3OS. The predicted octanol–water partition coefficient (Wildman–Crippen LogP) is 3.21. The van der Waals surface area contributed by atoms with Crippen LogP contribution in [0.15, 0.2) is 9.82 Å². The Balaban J connectivity index is 2.15. The summed E-state index contributed by atoms with van der Waals surface area (Å²) in [5.74, 6) is 1.75. The van der Waals surface area contributed by atoms with E-state index in [2.05, 4.69) is 37.6 Å². The second kappa shape index (κ2) is 8.88. The molecule has 1 heterocycles. The normalized spacial score (nSPS) is 14.0. The molecule has 0 spiro atoms. The van der Waals surface area contributed by atoms with Gasteiger partial charge in [0.1, 0.15) is 5.03 Å². The maximum absolute atomic E-state index is 12.5. The Morgan fingerprint density at radius 3 is 2.65 bits per heavy atom. The van der Waals surface area contributed by atoms with Crippen LogP contribution < -0.4 is 5.69 Å². The fraction of sp³-hybridized carbons (Fsp3) is 0.778. The molecule has 0 bridgehead atoms. The number of rotatable bonds is 9. The van der Waals surface area contributed by atoms with Gasteiger partial charge >= 0.3 is 5.69 Å². The van der Waals surface area contributed by atoms with Crippen LogP contribution in [0.25, 0.3) is 0 Å². The van der Waals surface area contributed by atoms with E-state index in [1.165, 1.54) is 17.7 Å². The summed E-state index contributed by atoms with van der Waals surface area (Å²) in [5, 5.41) is 1.00. The zero-order valence-electron chi connectivity index (χ0n) is 15.1. The number of nitrogens with zero attached hydrogens (tertiary/aromatic N) is 3. The third kappa shape index (κ3) is 4.83. The molecule has 0 N–H and O–H groups in total. The Morgan fingerprint density at radius 1 is 1.26 bits per heavy atom. The Labute approximate surface area is 144 Å². The van der Waals surface area contributed by atoms with Gasteiger partial charge in [-0.1, -0.05) is 27.7 Å². The Morgan fingerprint density at radius 2 is 2.00 bits per heavy atom. The van der Waals surface area contributed by atoms with Gasteiger partial charge in [-0.05, 0) is 50.4 Å². The SMILES string of the molecule is CCN(CC)CCn1c2c(c(SCCC(C)C)nc1=O)CCC2. The summed E-state index contributed by atoms with van der Waals surface area (Å²) in [6.45, 7) is 12.6. The lowest BCUT2D eigenvalue weighted by Crippen LogP contribution is -2.34. The van der Waals surface area contributed by atoms with Crippen LogP contribution in [0.4, 0.5) is 0 Å². The van der Waals surface area contributed by atoms with Gasteiger partial charge in [-0.25, -0.2) is 4.79 Å². The molecule has 23 heavy (non-hydrogen) atoms. The predicted molar refractivity (Wildman–Crippen MR) is 98.5 cm³/mol. The summed E-state index contributed by atoms with van der Waals surface area (Å²) >= 11 is 1.78. The lowest BCUT2D eigenvalue weighted by Gasteiger charge is -2.20. The monoisotopic (exact) mass is 337 g/mol. The molecule has 1 aromatic heterocycles. The van der Waals surface area contributed by atoms with Crippen LogP contribution in [0.2, 0.25) is 0 Å². The summed E-state index contributed by atoms with van der Waals surface area (Å²) in [6.07, 6.45) is 4.44. The van der Waals surface area contributed by atoms with Crippen molar-refractivity contribution in [2.24, 2.45) is 5.92 Å². The average Bonchev–Trinajstić information content (AvgIpc) is 2.99. The van der Waals surface area contributed by atoms with Gasteiger partial charge in [0, 0.05) is 24.3 Å². The second-order valence-electron chi connectivity index (χ2n) is 6.69. The highest BCUT2D eigenvalue weighted by atomic mass is 32.2. The number of hydrogen-bond acceptors (Lipinski definition) is 4. The van der Waals surface area contributed by atoms with Crippen molar-refractivity contribution in [3.05, 3.63) is 21.7 Å². The van der Waals surface area contributed by atoms with E-state index in [0.29, 0.717) is 5.92 Å². The van der Waals surface area contributed by atoms with E-state index in [-0.39, 0.29) is 5.69 Å². The standard InChI is InChI=1S/C18H31N3OS/c1-5-20(6-2)11-12-21-16-9-7-8-15(16)17(19-18(21)22)23-13-10-14(3)4/h14H,5-13H2,1-4H3. The van der Waals surface area contributed by atoms with Crippen molar-refractivity contribution in [2.75, 3.05) is 25.4 Å². The van der Waals surface area contributed by atoms with Gasteiger partial charge in [0.05, 0.1) is 0 Å². The van der Waals surface area contributed by atoms with E-state index < -0.39 is 0 Å². The number of hydrogen-bond donors (Lipinski definition) is 0. The van der Waals surface area contributed by atoms with Crippen molar-refractivity contribution in [3.8, 4) is 0 Å². The molecule has 4 nitrogen and oxygen atoms in total. The van der Waals surface area contributed by atoms with E-state index in [9.17, 15) is 4.79 Å². The largest absolute Gasteiger partial charge is 0.348 e. The molecule has 0 atom stereocenters. The molecule has 1 aliphatic carbocycles. The summed E-state index contributed by atoms with van der Waals surface area (Å²) in [4.78, 5) is 19.3. The first-order valence-corrected chi connectivity index (χ1v) is 10.0. The van der Waals surface area contributed by atoms with Crippen LogP contribution >= 0.6 is 11.8 Å². The Hall–Kier alpha value is -0.810. The van der Waals surface area contributed by atoms with Gasteiger partial charge < -0.3 is 4.90 Å². The topological polar surface area (TPSA) is 38.1 Å². The van der Waals surface area contributed by atoms with Gasteiger partial charge in [0.25, 0.3) is 0 Å². The molecule has 2 rings (SSSR count).